The molecule has 8 nitrogen and oxygen atoms in total. The Balaban J connectivity index is 1.64. The van der Waals surface area contributed by atoms with E-state index in [-0.39, 0.29) is 17.6 Å². The lowest BCUT2D eigenvalue weighted by atomic mass is 9.95. The minimum absolute atomic E-state index is 0.110. The number of fused-ring (bicyclic) bond motifs is 1. The Morgan fingerprint density at radius 3 is 2.63 bits per heavy atom. The Bertz CT molecular complexity index is 814. The fraction of sp³-hybridized carbons (Fsp3) is 0.737. The van der Waals surface area contributed by atoms with Crippen molar-refractivity contribution in [2.24, 2.45) is 7.05 Å². The number of aliphatic hydroxyl groups excluding tert-OH is 1. The van der Waals surface area contributed by atoms with Gasteiger partial charge in [0.05, 0.1) is 36.9 Å². The highest BCUT2D eigenvalue weighted by molar-refractivity contribution is 5.87. The van der Waals surface area contributed by atoms with Crippen molar-refractivity contribution in [1.29, 1.82) is 0 Å². The molecule has 2 saturated heterocycles. The lowest BCUT2D eigenvalue weighted by molar-refractivity contribution is 0.0859. The molecule has 0 amide bonds. The lowest BCUT2D eigenvalue weighted by Gasteiger charge is -2.29. The maximum absolute atomic E-state index is 10.2. The number of nitrogens with zero attached hydrogens (tertiary/aromatic N) is 6. The van der Waals surface area contributed by atoms with Gasteiger partial charge in [-0.05, 0) is 6.42 Å². The van der Waals surface area contributed by atoms with E-state index >= 15 is 0 Å². The van der Waals surface area contributed by atoms with Crippen LogP contribution in [0.3, 0.4) is 0 Å². The molecule has 1 N–H and O–H groups in total. The lowest BCUT2D eigenvalue weighted by Crippen LogP contribution is -2.44. The van der Waals surface area contributed by atoms with Crippen LogP contribution in [-0.2, 0) is 17.2 Å². The van der Waals surface area contributed by atoms with E-state index in [1.54, 1.807) is 0 Å². The maximum atomic E-state index is 10.2. The summed E-state index contributed by atoms with van der Waals surface area (Å²) in [6.07, 6.45) is 2.52. The first-order valence-corrected chi connectivity index (χ1v) is 9.79. The molecule has 0 saturated carbocycles. The van der Waals surface area contributed by atoms with Crippen molar-refractivity contribution in [2.45, 2.75) is 44.8 Å². The van der Waals surface area contributed by atoms with E-state index in [0.717, 1.165) is 55.3 Å². The Morgan fingerprint density at radius 1 is 1.11 bits per heavy atom. The molecule has 2 atom stereocenters. The van der Waals surface area contributed by atoms with Crippen LogP contribution in [0.2, 0.25) is 0 Å². The van der Waals surface area contributed by atoms with Gasteiger partial charge in [-0.1, -0.05) is 20.8 Å². The molecule has 148 valence electrons. The van der Waals surface area contributed by atoms with Crippen LogP contribution in [0.5, 0.6) is 0 Å². The molecule has 4 heterocycles. The molecule has 2 fully saturated rings. The number of hydrogen-bond acceptors (Lipinski definition) is 7. The van der Waals surface area contributed by atoms with Crippen LogP contribution < -0.4 is 4.90 Å². The van der Waals surface area contributed by atoms with E-state index < -0.39 is 0 Å². The highest BCUT2D eigenvalue weighted by Crippen LogP contribution is 2.29. The van der Waals surface area contributed by atoms with Crippen molar-refractivity contribution in [3.8, 4) is 0 Å². The average molecular weight is 374 g/mol. The third-order valence-corrected chi connectivity index (χ3v) is 5.56. The zero-order valence-corrected chi connectivity index (χ0v) is 16.7. The molecule has 0 unspecified atom stereocenters. The van der Waals surface area contributed by atoms with Crippen LogP contribution in [0.1, 0.15) is 33.0 Å². The SMILES string of the molecule is Cn1ncc2c(N3CCCN([C@H]4COC[C@@H]4O)CC3)nc(C(C)(C)C)nc21. The van der Waals surface area contributed by atoms with E-state index in [9.17, 15) is 5.11 Å². The molecule has 0 aromatic carbocycles. The second-order valence-electron chi connectivity index (χ2n) is 8.68. The predicted molar refractivity (Wildman–Crippen MR) is 104 cm³/mol. The van der Waals surface area contributed by atoms with Gasteiger partial charge in [-0.15, -0.1) is 0 Å². The van der Waals surface area contributed by atoms with Crippen molar-refractivity contribution in [2.75, 3.05) is 44.3 Å². The molecule has 8 heteroatoms. The first kappa shape index (κ1) is 18.6. The summed E-state index contributed by atoms with van der Waals surface area (Å²) in [5.41, 5.74) is 0.752. The van der Waals surface area contributed by atoms with Gasteiger partial charge in [0.1, 0.15) is 11.6 Å². The number of aryl methyl sites for hydroxylation is 1. The molecule has 0 radical (unpaired) electrons. The maximum Gasteiger partial charge on any atom is 0.163 e. The third-order valence-electron chi connectivity index (χ3n) is 5.56. The normalized spacial score (nSPS) is 25.3. The van der Waals surface area contributed by atoms with Crippen molar-refractivity contribution >= 4 is 16.9 Å². The first-order valence-electron chi connectivity index (χ1n) is 9.79. The number of hydrogen-bond donors (Lipinski definition) is 1. The molecule has 4 rings (SSSR count). The molecule has 2 aliphatic heterocycles. The minimum Gasteiger partial charge on any atom is -0.389 e. The number of ether oxygens (including phenoxy) is 1. The fourth-order valence-corrected chi connectivity index (χ4v) is 3.95. The van der Waals surface area contributed by atoms with E-state index in [4.69, 9.17) is 14.7 Å². The van der Waals surface area contributed by atoms with Gasteiger partial charge in [-0.3, -0.25) is 9.58 Å². The number of aliphatic hydroxyl groups is 1. The summed E-state index contributed by atoms with van der Waals surface area (Å²) in [5.74, 6) is 1.82. The highest BCUT2D eigenvalue weighted by Gasteiger charge is 2.33. The van der Waals surface area contributed by atoms with Crippen molar-refractivity contribution in [3.63, 3.8) is 0 Å². The second kappa shape index (κ2) is 7.00. The Labute approximate surface area is 160 Å². The molecular weight excluding hydrogens is 344 g/mol. The summed E-state index contributed by atoms with van der Waals surface area (Å²) in [5, 5.41) is 15.6. The quantitative estimate of drug-likeness (QED) is 0.838. The van der Waals surface area contributed by atoms with Gasteiger partial charge in [-0.25, -0.2) is 9.97 Å². The Hall–Kier alpha value is -1.77. The van der Waals surface area contributed by atoms with E-state index in [1.807, 2.05) is 17.9 Å². The summed E-state index contributed by atoms with van der Waals surface area (Å²) in [6, 6.07) is 0.110. The smallest absolute Gasteiger partial charge is 0.163 e. The van der Waals surface area contributed by atoms with Crippen LogP contribution in [0, 0.1) is 0 Å². The van der Waals surface area contributed by atoms with Crippen molar-refractivity contribution in [1.82, 2.24) is 24.6 Å². The molecule has 0 bridgehead atoms. The van der Waals surface area contributed by atoms with Crippen molar-refractivity contribution < 1.29 is 9.84 Å². The number of anilines is 1. The summed E-state index contributed by atoms with van der Waals surface area (Å²) >= 11 is 0. The van der Waals surface area contributed by atoms with E-state index in [2.05, 4.69) is 35.7 Å². The standard InChI is InChI=1S/C19H30N6O2/c1-19(2,3)18-21-16-13(10-20-23(16)4)17(22-18)25-7-5-6-24(8-9-25)14-11-27-12-15(14)26/h10,14-15,26H,5-9,11-12H2,1-4H3/t14-,15-/m0/s1. The first-order chi connectivity index (χ1) is 12.8. The zero-order valence-electron chi connectivity index (χ0n) is 16.7. The van der Waals surface area contributed by atoms with Crippen LogP contribution in [0.4, 0.5) is 5.82 Å². The van der Waals surface area contributed by atoms with Gasteiger partial charge in [0, 0.05) is 38.6 Å². The Morgan fingerprint density at radius 2 is 1.93 bits per heavy atom. The number of rotatable bonds is 2. The fourth-order valence-electron chi connectivity index (χ4n) is 3.95. The minimum atomic E-state index is -0.381. The molecule has 2 aliphatic rings. The topological polar surface area (TPSA) is 79.5 Å². The van der Waals surface area contributed by atoms with Crippen LogP contribution in [0.15, 0.2) is 6.20 Å². The van der Waals surface area contributed by atoms with Crippen LogP contribution >= 0.6 is 0 Å². The molecule has 0 aliphatic carbocycles. The summed E-state index contributed by atoms with van der Waals surface area (Å²) in [4.78, 5) is 14.4. The zero-order chi connectivity index (χ0) is 19.2. The summed E-state index contributed by atoms with van der Waals surface area (Å²) in [7, 11) is 1.93. The Kier molecular flexibility index (Phi) is 4.82. The molecule has 27 heavy (non-hydrogen) atoms. The summed E-state index contributed by atoms with van der Waals surface area (Å²) in [6.45, 7) is 11.1. The monoisotopic (exact) mass is 374 g/mol. The van der Waals surface area contributed by atoms with Gasteiger partial charge < -0.3 is 14.7 Å². The van der Waals surface area contributed by atoms with Gasteiger partial charge in [-0.2, -0.15) is 5.10 Å². The summed E-state index contributed by atoms with van der Waals surface area (Å²) < 4.78 is 7.28. The molecular formula is C19H30N6O2. The molecule has 0 spiro atoms. The van der Waals surface area contributed by atoms with Crippen LogP contribution in [-0.4, -0.2) is 81.3 Å². The number of aromatic nitrogens is 4. The third kappa shape index (κ3) is 3.53. The largest absolute Gasteiger partial charge is 0.389 e. The van der Waals surface area contributed by atoms with Crippen LogP contribution in [0.25, 0.3) is 11.0 Å². The van der Waals surface area contributed by atoms with E-state index in [1.165, 1.54) is 0 Å². The predicted octanol–water partition coefficient (Wildman–Crippen LogP) is 0.933. The van der Waals surface area contributed by atoms with Gasteiger partial charge in [0.15, 0.2) is 5.65 Å². The second-order valence-corrected chi connectivity index (χ2v) is 8.68. The van der Waals surface area contributed by atoms with E-state index in [0.29, 0.717) is 13.2 Å². The molecule has 2 aromatic heterocycles. The van der Waals surface area contributed by atoms with Gasteiger partial charge >= 0.3 is 0 Å². The van der Waals surface area contributed by atoms with Gasteiger partial charge in [0.25, 0.3) is 0 Å². The molecule has 2 aromatic rings. The van der Waals surface area contributed by atoms with Crippen molar-refractivity contribution in [3.05, 3.63) is 12.0 Å². The van der Waals surface area contributed by atoms with Gasteiger partial charge in [0.2, 0.25) is 0 Å². The average Bonchev–Trinajstić information content (AvgIpc) is 3.12. The highest BCUT2D eigenvalue weighted by atomic mass is 16.5.